The fourth-order valence-corrected chi connectivity index (χ4v) is 4.49. The fourth-order valence-electron chi connectivity index (χ4n) is 3.59. The second-order valence-electron chi connectivity index (χ2n) is 6.91. The Bertz CT molecular complexity index is 812. The summed E-state index contributed by atoms with van der Waals surface area (Å²) in [6, 6.07) is 7.41. The number of pyridine rings is 1. The van der Waals surface area contributed by atoms with Crippen LogP contribution in [0.3, 0.4) is 0 Å². The van der Waals surface area contributed by atoms with Crippen LogP contribution in [0.2, 0.25) is 4.34 Å². The van der Waals surface area contributed by atoms with E-state index in [1.54, 1.807) is 12.3 Å². The van der Waals surface area contributed by atoms with Gasteiger partial charge < -0.3 is 15.1 Å². The maximum atomic E-state index is 12.4. The van der Waals surface area contributed by atoms with Crippen molar-refractivity contribution in [2.45, 2.75) is 6.42 Å². The molecule has 2 saturated heterocycles. The van der Waals surface area contributed by atoms with Crippen LogP contribution >= 0.6 is 22.9 Å². The van der Waals surface area contributed by atoms with Gasteiger partial charge in [0.25, 0.3) is 5.91 Å². The van der Waals surface area contributed by atoms with Crippen LogP contribution in [-0.4, -0.2) is 59.3 Å². The second-order valence-corrected chi connectivity index (χ2v) is 8.43. The number of hydrogen-bond donors (Lipinski definition) is 1. The summed E-state index contributed by atoms with van der Waals surface area (Å²) in [6.07, 6.45) is 2.16. The maximum Gasteiger partial charge on any atom is 0.256 e. The van der Waals surface area contributed by atoms with E-state index in [1.165, 1.54) is 11.3 Å². The van der Waals surface area contributed by atoms with E-state index < -0.39 is 0 Å². The molecule has 0 unspecified atom stereocenters. The van der Waals surface area contributed by atoms with E-state index in [1.807, 2.05) is 33.4 Å². The van der Waals surface area contributed by atoms with Crippen molar-refractivity contribution in [1.82, 2.24) is 14.8 Å². The first kappa shape index (κ1) is 17.3. The van der Waals surface area contributed by atoms with Crippen LogP contribution in [0.15, 0.2) is 35.8 Å². The molecular weight excluding hydrogens is 372 g/mol. The molecule has 136 valence electrons. The van der Waals surface area contributed by atoms with Crippen molar-refractivity contribution in [3.8, 4) is 0 Å². The number of likely N-dealkylation sites (tertiary alicyclic amines) is 2. The van der Waals surface area contributed by atoms with Crippen molar-refractivity contribution in [3.05, 3.63) is 45.7 Å². The molecule has 2 fully saturated rings. The minimum absolute atomic E-state index is 0.00814. The Morgan fingerprint density at radius 1 is 1.19 bits per heavy atom. The van der Waals surface area contributed by atoms with Crippen LogP contribution in [0, 0.1) is 5.41 Å². The number of nitrogens with one attached hydrogen (secondary N) is 1. The Labute approximate surface area is 160 Å². The van der Waals surface area contributed by atoms with Gasteiger partial charge in [-0.05, 0) is 23.6 Å². The minimum atomic E-state index is -0.00814. The lowest BCUT2D eigenvalue weighted by molar-refractivity contribution is -0.154. The highest BCUT2D eigenvalue weighted by molar-refractivity contribution is 7.14. The summed E-state index contributed by atoms with van der Waals surface area (Å²) in [5.41, 5.74) is 0.668. The van der Waals surface area contributed by atoms with Crippen molar-refractivity contribution in [3.63, 3.8) is 0 Å². The summed E-state index contributed by atoms with van der Waals surface area (Å²) in [5, 5.41) is 4.97. The molecule has 4 rings (SSSR count). The molecule has 0 aliphatic carbocycles. The Hall–Kier alpha value is -2.12. The number of thiophene rings is 1. The van der Waals surface area contributed by atoms with Crippen molar-refractivity contribution in [2.75, 3.05) is 38.0 Å². The van der Waals surface area contributed by atoms with Crippen LogP contribution in [-0.2, 0) is 4.79 Å². The summed E-state index contributed by atoms with van der Waals surface area (Å²) in [7, 11) is 0. The van der Waals surface area contributed by atoms with Crippen molar-refractivity contribution in [2.24, 2.45) is 5.41 Å². The Morgan fingerprint density at radius 3 is 2.62 bits per heavy atom. The molecule has 1 spiro atoms. The topological polar surface area (TPSA) is 65.5 Å². The van der Waals surface area contributed by atoms with E-state index in [0.29, 0.717) is 36.0 Å². The van der Waals surface area contributed by atoms with Crippen LogP contribution in [0.1, 0.15) is 16.8 Å². The molecule has 0 radical (unpaired) electrons. The molecule has 2 aliphatic rings. The van der Waals surface area contributed by atoms with Crippen molar-refractivity contribution >= 4 is 40.6 Å². The molecule has 0 atom stereocenters. The minimum Gasteiger partial charge on any atom is -0.370 e. The predicted octanol–water partition coefficient (Wildman–Crippen LogP) is 2.58. The number of hydrogen-bond acceptors (Lipinski definition) is 5. The molecule has 8 heteroatoms. The standard InChI is InChI=1S/C18H19ClN4O2S/c19-16-13(5-8-26-16)17(25)23-11-18(12-23)9-22(10-18)15(24)4-7-21-14-3-1-2-6-20-14/h1-3,5-6,8H,4,7,9-12H2,(H,20,21). The quantitative estimate of drug-likeness (QED) is 0.852. The number of amides is 2. The van der Waals surface area contributed by atoms with Gasteiger partial charge in [0.1, 0.15) is 10.2 Å². The van der Waals surface area contributed by atoms with Gasteiger partial charge >= 0.3 is 0 Å². The van der Waals surface area contributed by atoms with Gasteiger partial charge in [-0.1, -0.05) is 17.7 Å². The highest BCUT2D eigenvalue weighted by Crippen LogP contribution is 2.41. The van der Waals surface area contributed by atoms with E-state index >= 15 is 0 Å². The van der Waals surface area contributed by atoms with E-state index in [0.717, 1.165) is 18.9 Å². The van der Waals surface area contributed by atoms with Crippen LogP contribution in [0.25, 0.3) is 0 Å². The Morgan fingerprint density at radius 2 is 1.96 bits per heavy atom. The lowest BCUT2D eigenvalue weighted by Gasteiger charge is -2.60. The molecule has 2 aromatic rings. The first-order valence-electron chi connectivity index (χ1n) is 8.51. The Kier molecular flexibility index (Phi) is 4.58. The monoisotopic (exact) mass is 390 g/mol. The van der Waals surface area contributed by atoms with Crippen LogP contribution in [0.5, 0.6) is 0 Å². The van der Waals surface area contributed by atoms with Crippen molar-refractivity contribution in [1.29, 1.82) is 0 Å². The average Bonchev–Trinajstić information content (AvgIpc) is 2.99. The molecule has 2 aromatic heterocycles. The largest absolute Gasteiger partial charge is 0.370 e. The van der Waals surface area contributed by atoms with Gasteiger partial charge in [-0.15, -0.1) is 11.3 Å². The molecular formula is C18H19ClN4O2S. The van der Waals surface area contributed by atoms with Gasteiger partial charge in [0.05, 0.1) is 5.56 Å². The van der Waals surface area contributed by atoms with Crippen molar-refractivity contribution < 1.29 is 9.59 Å². The molecule has 0 saturated carbocycles. The van der Waals surface area contributed by atoms with Gasteiger partial charge in [-0.2, -0.15) is 0 Å². The number of anilines is 1. The molecule has 0 aromatic carbocycles. The van der Waals surface area contributed by atoms with E-state index in [2.05, 4.69) is 10.3 Å². The van der Waals surface area contributed by atoms with Gasteiger partial charge in [0, 0.05) is 50.8 Å². The zero-order chi connectivity index (χ0) is 18.1. The smallest absolute Gasteiger partial charge is 0.256 e. The number of rotatable bonds is 5. The Balaban J connectivity index is 1.19. The molecule has 0 bridgehead atoms. The summed E-state index contributed by atoms with van der Waals surface area (Å²) < 4.78 is 0.543. The predicted molar refractivity (Wildman–Crippen MR) is 102 cm³/mol. The van der Waals surface area contributed by atoms with Crippen LogP contribution < -0.4 is 5.32 Å². The fraction of sp³-hybridized carbons (Fsp3) is 0.389. The first-order valence-corrected chi connectivity index (χ1v) is 9.77. The van der Waals surface area contributed by atoms with E-state index in [4.69, 9.17) is 11.6 Å². The molecule has 4 heterocycles. The molecule has 2 aliphatic heterocycles. The second kappa shape index (κ2) is 6.89. The number of carbonyl (C=O) groups excluding carboxylic acids is 2. The number of carbonyl (C=O) groups is 2. The number of aromatic nitrogens is 1. The summed E-state index contributed by atoms with van der Waals surface area (Å²) >= 11 is 7.41. The van der Waals surface area contributed by atoms with E-state index in [9.17, 15) is 9.59 Å². The zero-order valence-corrected chi connectivity index (χ0v) is 15.7. The first-order chi connectivity index (χ1) is 12.6. The van der Waals surface area contributed by atoms with Gasteiger partial charge in [0.2, 0.25) is 5.91 Å². The number of nitrogens with zero attached hydrogens (tertiary/aromatic N) is 3. The summed E-state index contributed by atoms with van der Waals surface area (Å²) in [4.78, 5) is 32.5. The lowest BCUT2D eigenvalue weighted by Crippen LogP contribution is -2.73. The van der Waals surface area contributed by atoms with Gasteiger partial charge in [0.15, 0.2) is 0 Å². The highest BCUT2D eigenvalue weighted by Gasteiger charge is 2.54. The van der Waals surface area contributed by atoms with E-state index in [-0.39, 0.29) is 17.2 Å². The molecule has 1 N–H and O–H groups in total. The summed E-state index contributed by atoms with van der Waals surface area (Å²) in [6.45, 7) is 3.44. The average molecular weight is 391 g/mol. The third-order valence-electron chi connectivity index (χ3n) is 4.90. The third-order valence-corrected chi connectivity index (χ3v) is 6.07. The maximum absolute atomic E-state index is 12.4. The zero-order valence-electron chi connectivity index (χ0n) is 14.2. The lowest BCUT2D eigenvalue weighted by atomic mass is 9.72. The van der Waals surface area contributed by atoms with Crippen LogP contribution in [0.4, 0.5) is 5.82 Å². The number of halogens is 1. The summed E-state index contributed by atoms with van der Waals surface area (Å²) in [5.74, 6) is 0.913. The van der Waals surface area contributed by atoms with Gasteiger partial charge in [-0.3, -0.25) is 9.59 Å². The SMILES string of the molecule is O=C(CCNc1ccccn1)N1CC2(C1)CN(C(=O)c1ccsc1Cl)C2. The third kappa shape index (κ3) is 3.29. The molecule has 6 nitrogen and oxygen atoms in total. The molecule has 2 amide bonds. The van der Waals surface area contributed by atoms with Gasteiger partial charge in [-0.25, -0.2) is 4.98 Å². The normalized spacial score (nSPS) is 17.6. The molecule has 26 heavy (non-hydrogen) atoms. The highest BCUT2D eigenvalue weighted by atomic mass is 35.5.